The van der Waals surface area contributed by atoms with Crippen LogP contribution in [0.15, 0.2) is 24.3 Å². The fourth-order valence-electron chi connectivity index (χ4n) is 3.05. The van der Waals surface area contributed by atoms with Crippen molar-refractivity contribution in [2.75, 3.05) is 7.05 Å². The first-order valence-corrected chi connectivity index (χ1v) is 8.08. The summed E-state index contributed by atoms with van der Waals surface area (Å²) in [7, 11) is 1.59. The predicted octanol–water partition coefficient (Wildman–Crippen LogP) is 2.62. The van der Waals surface area contributed by atoms with E-state index >= 15 is 0 Å². The van der Waals surface area contributed by atoms with E-state index in [1.807, 2.05) is 0 Å². The van der Waals surface area contributed by atoms with Crippen molar-refractivity contribution in [2.24, 2.45) is 0 Å². The number of likely N-dealkylation sites (N-methyl/N-ethyl adjacent to an activating group) is 1. The number of carbonyl (C=O) groups excluding carboxylic acids is 2. The molecule has 1 atom stereocenters. The second-order valence-electron chi connectivity index (χ2n) is 6.20. The Morgan fingerprint density at radius 3 is 2.58 bits per heavy atom. The first kappa shape index (κ1) is 17.8. The average molecular weight is 330 g/mol. The van der Waals surface area contributed by atoms with Crippen molar-refractivity contribution in [2.45, 2.75) is 50.7 Å². The highest BCUT2D eigenvalue weighted by atomic mass is 16.5. The zero-order valence-electron chi connectivity index (χ0n) is 14.0. The first-order valence-electron chi connectivity index (χ1n) is 8.08. The quantitative estimate of drug-likeness (QED) is 0.857. The van der Waals surface area contributed by atoms with E-state index < -0.39 is 23.5 Å². The molecule has 0 aliphatic heterocycles. The number of ether oxygens (including phenoxy) is 1. The second kappa shape index (κ2) is 7.35. The second-order valence-corrected chi connectivity index (χ2v) is 6.20. The van der Waals surface area contributed by atoms with Crippen LogP contribution in [0.4, 0.5) is 0 Å². The molecule has 1 saturated carbocycles. The smallest absolute Gasteiger partial charge is 0.339 e. The number of carbonyl (C=O) groups is 2. The first-order chi connectivity index (χ1) is 11.4. The van der Waals surface area contributed by atoms with Gasteiger partial charge in [-0.3, -0.25) is 4.79 Å². The van der Waals surface area contributed by atoms with Crippen molar-refractivity contribution >= 4 is 11.9 Å². The number of rotatable bonds is 4. The number of nitrogens with zero attached hydrogens (tertiary/aromatic N) is 2. The minimum absolute atomic E-state index is 0.0498. The number of aromatic hydroxyl groups is 1. The summed E-state index contributed by atoms with van der Waals surface area (Å²) in [5.74, 6) is -1.13. The summed E-state index contributed by atoms with van der Waals surface area (Å²) in [6.07, 6.45) is 3.15. The molecule has 1 aliphatic rings. The van der Waals surface area contributed by atoms with E-state index in [4.69, 9.17) is 4.74 Å². The molecular weight excluding hydrogens is 308 g/mol. The lowest BCUT2D eigenvalue weighted by Gasteiger charge is -2.39. The highest BCUT2D eigenvalue weighted by molar-refractivity contribution is 5.92. The number of esters is 1. The number of nitriles is 1. The molecule has 0 spiro atoms. The Kier molecular flexibility index (Phi) is 5.45. The Hall–Kier alpha value is -2.55. The van der Waals surface area contributed by atoms with Gasteiger partial charge >= 0.3 is 5.97 Å². The summed E-state index contributed by atoms with van der Waals surface area (Å²) in [4.78, 5) is 26.1. The molecule has 0 bridgehead atoms. The molecule has 0 radical (unpaired) electrons. The normalized spacial score (nSPS) is 17.4. The van der Waals surface area contributed by atoms with Crippen LogP contribution in [0.1, 0.15) is 49.4 Å². The molecule has 1 aromatic carbocycles. The molecule has 1 N–H and O–H groups in total. The predicted molar refractivity (Wildman–Crippen MR) is 87.2 cm³/mol. The molecular formula is C18H22N2O4. The highest BCUT2D eigenvalue weighted by Crippen LogP contribution is 2.33. The van der Waals surface area contributed by atoms with Gasteiger partial charge in [0.05, 0.1) is 11.6 Å². The molecule has 1 aromatic rings. The fraction of sp³-hybridized carbons (Fsp3) is 0.500. The van der Waals surface area contributed by atoms with E-state index in [0.29, 0.717) is 12.8 Å². The van der Waals surface area contributed by atoms with Crippen molar-refractivity contribution in [3.63, 3.8) is 0 Å². The third-order valence-electron chi connectivity index (χ3n) is 4.57. The molecule has 1 amide bonds. The van der Waals surface area contributed by atoms with Crippen molar-refractivity contribution < 1.29 is 19.4 Å². The topological polar surface area (TPSA) is 90.6 Å². The van der Waals surface area contributed by atoms with Crippen LogP contribution < -0.4 is 0 Å². The molecule has 2 rings (SSSR count). The van der Waals surface area contributed by atoms with Crippen LogP contribution in [-0.4, -0.2) is 40.6 Å². The standard InChI is InChI=1S/C18H22N2O4/c1-13(24-17(23)14-7-6-8-15(21)11-14)16(22)20(2)18(12-19)9-4-3-5-10-18/h6-8,11,13,21H,3-5,9-10H2,1-2H3/t13-/m0/s1. The molecule has 128 valence electrons. The van der Waals surface area contributed by atoms with Gasteiger partial charge in [-0.2, -0.15) is 5.26 Å². The Balaban J connectivity index is 2.06. The molecule has 0 aromatic heterocycles. The van der Waals surface area contributed by atoms with E-state index in [2.05, 4.69) is 6.07 Å². The fourth-order valence-corrected chi connectivity index (χ4v) is 3.05. The van der Waals surface area contributed by atoms with Gasteiger partial charge in [0.25, 0.3) is 5.91 Å². The molecule has 0 heterocycles. The van der Waals surface area contributed by atoms with Crippen molar-refractivity contribution in [1.29, 1.82) is 5.26 Å². The largest absolute Gasteiger partial charge is 0.508 e. The average Bonchev–Trinajstić information content (AvgIpc) is 2.60. The molecule has 24 heavy (non-hydrogen) atoms. The number of phenolic OH excluding ortho intramolecular Hbond substituents is 1. The zero-order valence-corrected chi connectivity index (χ0v) is 14.0. The van der Waals surface area contributed by atoms with Gasteiger partial charge in [-0.15, -0.1) is 0 Å². The van der Waals surface area contributed by atoms with E-state index in [0.717, 1.165) is 19.3 Å². The van der Waals surface area contributed by atoms with Gasteiger partial charge in [0, 0.05) is 7.05 Å². The van der Waals surface area contributed by atoms with E-state index in [9.17, 15) is 20.0 Å². The monoisotopic (exact) mass is 330 g/mol. The summed E-state index contributed by atoms with van der Waals surface area (Å²) in [6, 6.07) is 8.03. The molecule has 1 aliphatic carbocycles. The Morgan fingerprint density at radius 1 is 1.33 bits per heavy atom. The van der Waals surface area contributed by atoms with Crippen molar-refractivity contribution in [3.05, 3.63) is 29.8 Å². The maximum Gasteiger partial charge on any atom is 0.339 e. The number of hydrogen-bond acceptors (Lipinski definition) is 5. The van der Waals surface area contributed by atoms with Gasteiger partial charge in [0.15, 0.2) is 6.10 Å². The van der Waals surface area contributed by atoms with Gasteiger partial charge in [-0.25, -0.2) is 4.79 Å². The van der Waals surface area contributed by atoms with Gasteiger partial charge in [-0.1, -0.05) is 25.3 Å². The van der Waals surface area contributed by atoms with E-state index in [1.54, 1.807) is 7.05 Å². The van der Waals surface area contributed by atoms with Crippen LogP contribution in [-0.2, 0) is 9.53 Å². The minimum Gasteiger partial charge on any atom is -0.508 e. The van der Waals surface area contributed by atoms with Gasteiger partial charge < -0.3 is 14.7 Å². The number of phenols is 1. The zero-order chi connectivity index (χ0) is 17.7. The third-order valence-corrected chi connectivity index (χ3v) is 4.57. The van der Waals surface area contributed by atoms with Crippen LogP contribution in [0.3, 0.4) is 0 Å². The molecule has 6 nitrogen and oxygen atoms in total. The summed E-state index contributed by atoms with van der Waals surface area (Å²) in [5, 5.41) is 19.0. The van der Waals surface area contributed by atoms with Gasteiger partial charge in [0.1, 0.15) is 11.3 Å². The minimum atomic E-state index is -1.00. The SMILES string of the molecule is C[C@H](OC(=O)c1cccc(O)c1)C(=O)N(C)C1(C#N)CCCCC1. The third kappa shape index (κ3) is 3.67. The lowest BCUT2D eigenvalue weighted by Crippen LogP contribution is -2.53. The van der Waals surface area contributed by atoms with Crippen molar-refractivity contribution in [3.8, 4) is 11.8 Å². The molecule has 6 heteroatoms. The molecule has 0 unspecified atom stereocenters. The van der Waals surface area contributed by atoms with Crippen molar-refractivity contribution in [1.82, 2.24) is 4.90 Å². The summed E-state index contributed by atoms with van der Waals surface area (Å²) >= 11 is 0. The number of amides is 1. The molecule has 0 saturated heterocycles. The van der Waals surface area contributed by atoms with E-state index in [-0.39, 0.29) is 11.3 Å². The maximum atomic E-state index is 12.6. The number of hydrogen-bond donors (Lipinski definition) is 1. The Labute approximate surface area is 141 Å². The van der Waals surface area contributed by atoms with Crippen LogP contribution in [0.5, 0.6) is 5.75 Å². The van der Waals surface area contributed by atoms with E-state index in [1.165, 1.54) is 36.1 Å². The Morgan fingerprint density at radius 2 is 2.00 bits per heavy atom. The van der Waals surface area contributed by atoms with Crippen LogP contribution >= 0.6 is 0 Å². The van der Waals surface area contributed by atoms with Crippen LogP contribution in [0, 0.1) is 11.3 Å². The Bertz CT molecular complexity index is 659. The van der Waals surface area contributed by atoms with Crippen LogP contribution in [0.2, 0.25) is 0 Å². The lowest BCUT2D eigenvalue weighted by molar-refractivity contribution is -0.143. The number of benzene rings is 1. The lowest BCUT2D eigenvalue weighted by atomic mass is 9.81. The summed E-state index contributed by atoms with van der Waals surface area (Å²) in [5.41, 5.74) is -0.647. The highest BCUT2D eigenvalue weighted by Gasteiger charge is 2.40. The summed E-state index contributed by atoms with van der Waals surface area (Å²) in [6.45, 7) is 1.49. The van der Waals surface area contributed by atoms with Gasteiger partial charge in [0.2, 0.25) is 0 Å². The van der Waals surface area contributed by atoms with Gasteiger partial charge in [-0.05, 0) is 38.0 Å². The van der Waals surface area contributed by atoms with Crippen LogP contribution in [0.25, 0.3) is 0 Å². The maximum absolute atomic E-state index is 12.6. The molecule has 1 fully saturated rings. The summed E-state index contributed by atoms with van der Waals surface area (Å²) < 4.78 is 5.20.